The van der Waals surface area contributed by atoms with Crippen molar-refractivity contribution < 1.29 is 5.11 Å². The molecule has 0 aliphatic rings. The lowest BCUT2D eigenvalue weighted by atomic mass is 10.0. The summed E-state index contributed by atoms with van der Waals surface area (Å²) < 4.78 is 0. The van der Waals surface area contributed by atoms with E-state index in [9.17, 15) is 0 Å². The standard InChI is InChI=1S/C24H28N2O/c1-19(21-10-12-23(13-11-21)22-6-4-3-5-7-22)25-18-20-8-14-24(15-9-20)26(2)16-17-27/h3-15,19,25,27H,16-18H2,1-2H3/t19-/m0/s1. The van der Waals surface area contributed by atoms with Crippen LogP contribution in [0.4, 0.5) is 5.69 Å². The fourth-order valence-corrected chi connectivity index (χ4v) is 3.13. The van der Waals surface area contributed by atoms with Crippen LogP contribution in [0.5, 0.6) is 0 Å². The zero-order valence-corrected chi connectivity index (χ0v) is 16.1. The summed E-state index contributed by atoms with van der Waals surface area (Å²) in [4.78, 5) is 2.05. The van der Waals surface area contributed by atoms with Crippen LogP contribution in [0.3, 0.4) is 0 Å². The zero-order valence-electron chi connectivity index (χ0n) is 16.1. The van der Waals surface area contributed by atoms with Gasteiger partial charge in [-0.2, -0.15) is 0 Å². The van der Waals surface area contributed by atoms with Gasteiger partial charge >= 0.3 is 0 Å². The number of hydrogen-bond acceptors (Lipinski definition) is 3. The van der Waals surface area contributed by atoms with Crippen molar-refractivity contribution in [3.05, 3.63) is 90.0 Å². The van der Waals surface area contributed by atoms with Gasteiger partial charge in [0.2, 0.25) is 0 Å². The fraction of sp³-hybridized carbons (Fsp3) is 0.250. The van der Waals surface area contributed by atoms with E-state index < -0.39 is 0 Å². The van der Waals surface area contributed by atoms with Crippen molar-refractivity contribution in [1.29, 1.82) is 0 Å². The van der Waals surface area contributed by atoms with Crippen molar-refractivity contribution in [1.82, 2.24) is 5.32 Å². The Morgan fingerprint density at radius 3 is 2.11 bits per heavy atom. The van der Waals surface area contributed by atoms with Gasteiger partial charge in [-0.3, -0.25) is 0 Å². The molecule has 0 heterocycles. The largest absolute Gasteiger partial charge is 0.395 e. The van der Waals surface area contributed by atoms with E-state index in [0.29, 0.717) is 6.54 Å². The molecule has 0 bridgehead atoms. The first-order valence-electron chi connectivity index (χ1n) is 9.47. The van der Waals surface area contributed by atoms with Crippen molar-refractivity contribution >= 4 is 5.69 Å². The summed E-state index contributed by atoms with van der Waals surface area (Å²) in [6, 6.07) is 28.0. The predicted molar refractivity (Wildman–Crippen MR) is 114 cm³/mol. The molecule has 0 spiro atoms. The maximum Gasteiger partial charge on any atom is 0.0606 e. The van der Waals surface area contributed by atoms with Crippen molar-refractivity contribution in [3.8, 4) is 11.1 Å². The van der Waals surface area contributed by atoms with Crippen LogP contribution < -0.4 is 10.2 Å². The molecule has 3 aromatic carbocycles. The molecule has 0 fully saturated rings. The van der Waals surface area contributed by atoms with E-state index in [0.717, 1.165) is 12.2 Å². The van der Waals surface area contributed by atoms with Crippen molar-refractivity contribution in [3.63, 3.8) is 0 Å². The number of nitrogens with one attached hydrogen (secondary N) is 1. The second kappa shape index (κ2) is 9.36. The second-order valence-corrected chi connectivity index (χ2v) is 6.90. The summed E-state index contributed by atoms with van der Waals surface area (Å²) in [7, 11) is 1.99. The highest BCUT2D eigenvalue weighted by Crippen LogP contribution is 2.22. The molecule has 0 saturated heterocycles. The number of aliphatic hydroxyl groups excluding tert-OH is 1. The maximum absolute atomic E-state index is 9.04. The van der Waals surface area contributed by atoms with Gasteiger partial charge in [-0.25, -0.2) is 0 Å². The van der Waals surface area contributed by atoms with E-state index in [1.165, 1.54) is 22.3 Å². The first kappa shape index (κ1) is 19.2. The van der Waals surface area contributed by atoms with Crippen molar-refractivity contribution in [2.75, 3.05) is 25.1 Å². The molecule has 0 unspecified atom stereocenters. The highest BCUT2D eigenvalue weighted by Gasteiger charge is 2.06. The van der Waals surface area contributed by atoms with Crippen LogP contribution >= 0.6 is 0 Å². The smallest absolute Gasteiger partial charge is 0.0606 e. The van der Waals surface area contributed by atoms with Crippen molar-refractivity contribution in [2.45, 2.75) is 19.5 Å². The molecule has 3 aromatic rings. The predicted octanol–water partition coefficient (Wildman–Crippen LogP) is 4.63. The minimum Gasteiger partial charge on any atom is -0.395 e. The normalized spacial score (nSPS) is 12.0. The number of rotatable bonds is 8. The Kier molecular flexibility index (Phi) is 6.64. The molecular formula is C24H28N2O. The van der Waals surface area contributed by atoms with Gasteiger partial charge in [-0.1, -0.05) is 66.7 Å². The Morgan fingerprint density at radius 2 is 1.48 bits per heavy atom. The quantitative estimate of drug-likeness (QED) is 0.615. The van der Waals surface area contributed by atoms with Crippen LogP contribution in [0.1, 0.15) is 24.1 Å². The molecule has 0 aliphatic carbocycles. The third-order valence-electron chi connectivity index (χ3n) is 4.94. The highest BCUT2D eigenvalue weighted by atomic mass is 16.3. The lowest BCUT2D eigenvalue weighted by Gasteiger charge is -2.19. The average molecular weight is 361 g/mol. The van der Waals surface area contributed by atoms with Crippen molar-refractivity contribution in [2.24, 2.45) is 0 Å². The first-order valence-corrected chi connectivity index (χ1v) is 9.47. The molecule has 0 amide bonds. The number of anilines is 1. The molecule has 0 saturated carbocycles. The van der Waals surface area contributed by atoms with Crippen LogP contribution in [0, 0.1) is 0 Å². The van der Waals surface area contributed by atoms with Crippen LogP contribution in [0.2, 0.25) is 0 Å². The fourth-order valence-electron chi connectivity index (χ4n) is 3.13. The van der Waals surface area contributed by atoms with Gasteiger partial charge in [-0.15, -0.1) is 0 Å². The van der Waals surface area contributed by atoms with E-state index >= 15 is 0 Å². The Balaban J connectivity index is 1.57. The highest BCUT2D eigenvalue weighted by molar-refractivity contribution is 5.63. The molecule has 0 radical (unpaired) electrons. The molecule has 3 nitrogen and oxygen atoms in total. The monoisotopic (exact) mass is 360 g/mol. The molecule has 3 rings (SSSR count). The Morgan fingerprint density at radius 1 is 0.852 bits per heavy atom. The Bertz CT molecular complexity index is 813. The number of benzene rings is 3. The molecule has 2 N–H and O–H groups in total. The Hall–Kier alpha value is -2.62. The summed E-state index contributed by atoms with van der Waals surface area (Å²) in [6.45, 7) is 3.83. The lowest BCUT2D eigenvalue weighted by Crippen LogP contribution is -2.21. The van der Waals surface area contributed by atoms with Gasteiger partial charge in [0.1, 0.15) is 0 Å². The summed E-state index contributed by atoms with van der Waals surface area (Å²) in [5.41, 5.74) is 6.15. The van der Waals surface area contributed by atoms with E-state index in [1.54, 1.807) is 0 Å². The Labute approximate surface area is 162 Å². The number of hydrogen-bond donors (Lipinski definition) is 2. The van der Waals surface area contributed by atoms with E-state index in [2.05, 4.69) is 85.0 Å². The average Bonchev–Trinajstić information content (AvgIpc) is 2.73. The van der Waals surface area contributed by atoms with Gasteiger partial charge in [0, 0.05) is 31.9 Å². The van der Waals surface area contributed by atoms with Gasteiger partial charge in [0.05, 0.1) is 6.61 Å². The van der Waals surface area contributed by atoms with Gasteiger partial charge in [0.15, 0.2) is 0 Å². The summed E-state index contributed by atoms with van der Waals surface area (Å²) >= 11 is 0. The maximum atomic E-state index is 9.04. The molecule has 3 heteroatoms. The van der Waals surface area contributed by atoms with E-state index in [-0.39, 0.29) is 12.6 Å². The van der Waals surface area contributed by atoms with Crippen LogP contribution in [-0.4, -0.2) is 25.3 Å². The molecular weight excluding hydrogens is 332 g/mol. The second-order valence-electron chi connectivity index (χ2n) is 6.90. The number of likely N-dealkylation sites (N-methyl/N-ethyl adjacent to an activating group) is 1. The summed E-state index contributed by atoms with van der Waals surface area (Å²) in [6.07, 6.45) is 0. The minimum atomic E-state index is 0.167. The first-order chi connectivity index (χ1) is 13.2. The third-order valence-corrected chi connectivity index (χ3v) is 4.94. The topological polar surface area (TPSA) is 35.5 Å². The lowest BCUT2D eigenvalue weighted by molar-refractivity contribution is 0.304. The van der Waals surface area contributed by atoms with Gasteiger partial charge < -0.3 is 15.3 Å². The molecule has 0 aliphatic heterocycles. The van der Waals surface area contributed by atoms with E-state index in [1.807, 2.05) is 18.0 Å². The third kappa shape index (κ3) is 5.19. The van der Waals surface area contributed by atoms with Gasteiger partial charge in [-0.05, 0) is 41.3 Å². The number of aliphatic hydroxyl groups is 1. The molecule has 140 valence electrons. The summed E-state index contributed by atoms with van der Waals surface area (Å²) in [5.74, 6) is 0. The zero-order chi connectivity index (χ0) is 19.1. The van der Waals surface area contributed by atoms with Crippen LogP contribution in [-0.2, 0) is 6.54 Å². The molecule has 27 heavy (non-hydrogen) atoms. The minimum absolute atomic E-state index is 0.167. The number of nitrogens with zero attached hydrogens (tertiary/aromatic N) is 1. The molecule has 1 atom stereocenters. The van der Waals surface area contributed by atoms with Crippen LogP contribution in [0.25, 0.3) is 11.1 Å². The van der Waals surface area contributed by atoms with E-state index in [4.69, 9.17) is 5.11 Å². The SMILES string of the molecule is C[C@H](NCc1ccc(N(C)CCO)cc1)c1ccc(-c2ccccc2)cc1. The summed E-state index contributed by atoms with van der Waals surface area (Å²) in [5, 5.41) is 12.6. The van der Waals surface area contributed by atoms with Crippen LogP contribution in [0.15, 0.2) is 78.9 Å². The molecule has 0 aromatic heterocycles. The van der Waals surface area contributed by atoms with Gasteiger partial charge in [0.25, 0.3) is 0 Å².